The number of para-hydroxylation sites is 1. The molecule has 0 spiro atoms. The van der Waals surface area contributed by atoms with E-state index in [1.54, 1.807) is 4.90 Å². The second-order valence-electron chi connectivity index (χ2n) is 10.8. The highest BCUT2D eigenvalue weighted by molar-refractivity contribution is 6.03. The Labute approximate surface area is 230 Å². The number of benzene rings is 3. The van der Waals surface area contributed by atoms with Crippen molar-refractivity contribution < 1.29 is 9.59 Å². The fraction of sp³-hybridized carbons (Fsp3) is 0.294. The van der Waals surface area contributed by atoms with Crippen molar-refractivity contribution >= 4 is 22.7 Å². The zero-order valence-electron chi connectivity index (χ0n) is 22.7. The molecule has 1 aromatic heterocycles. The third-order valence-corrected chi connectivity index (χ3v) is 8.27. The Kier molecular flexibility index (Phi) is 6.82. The van der Waals surface area contributed by atoms with Crippen molar-refractivity contribution in [2.45, 2.75) is 45.1 Å². The van der Waals surface area contributed by atoms with Crippen LogP contribution >= 0.6 is 0 Å². The quantitative estimate of drug-likeness (QED) is 0.277. The number of aromatic nitrogens is 1. The van der Waals surface area contributed by atoms with Gasteiger partial charge in [0.2, 0.25) is 5.91 Å². The van der Waals surface area contributed by atoms with E-state index in [0.717, 1.165) is 52.5 Å². The van der Waals surface area contributed by atoms with Crippen LogP contribution in [0.4, 0.5) is 0 Å². The van der Waals surface area contributed by atoms with Crippen LogP contribution in [0.3, 0.4) is 0 Å². The summed E-state index contributed by atoms with van der Waals surface area (Å²) in [6, 6.07) is 24.3. The Bertz CT molecular complexity index is 1580. The predicted octanol–water partition coefficient (Wildman–Crippen LogP) is 6.71. The minimum absolute atomic E-state index is 0.0216. The van der Waals surface area contributed by atoms with Gasteiger partial charge in [0.15, 0.2) is 0 Å². The first-order valence-electron chi connectivity index (χ1n) is 14.0. The molecule has 3 aromatic carbocycles. The molecule has 4 aromatic rings. The maximum atomic E-state index is 13.8. The van der Waals surface area contributed by atoms with Crippen LogP contribution in [0.15, 0.2) is 84.4 Å². The molecule has 2 heterocycles. The first kappa shape index (κ1) is 25.2. The van der Waals surface area contributed by atoms with E-state index in [4.69, 9.17) is 0 Å². The van der Waals surface area contributed by atoms with Crippen LogP contribution in [0.1, 0.15) is 65.2 Å². The summed E-state index contributed by atoms with van der Waals surface area (Å²) in [4.78, 5) is 28.8. The topological polar surface area (TPSA) is 54.3 Å². The number of amides is 2. The SMILES string of the molecule is Cc1ccc(-c2c(C3c4ccccc4C(=O)N3CC(=O)NCCC3=CCCCC3)c3ccccc3n2C)cc1. The normalized spacial score (nSPS) is 16.9. The van der Waals surface area contributed by atoms with E-state index >= 15 is 0 Å². The second kappa shape index (κ2) is 10.6. The van der Waals surface area contributed by atoms with Gasteiger partial charge in [0.05, 0.1) is 11.7 Å². The van der Waals surface area contributed by atoms with E-state index in [9.17, 15) is 9.59 Å². The highest BCUT2D eigenvalue weighted by Crippen LogP contribution is 2.46. The zero-order chi connectivity index (χ0) is 26.9. The summed E-state index contributed by atoms with van der Waals surface area (Å²) in [5, 5.41) is 4.19. The number of carbonyl (C=O) groups excluding carboxylic acids is 2. The van der Waals surface area contributed by atoms with E-state index in [1.165, 1.54) is 24.0 Å². The van der Waals surface area contributed by atoms with Gasteiger partial charge in [0, 0.05) is 35.6 Å². The van der Waals surface area contributed by atoms with E-state index in [-0.39, 0.29) is 24.4 Å². The summed E-state index contributed by atoms with van der Waals surface area (Å²) < 4.78 is 2.22. The second-order valence-corrected chi connectivity index (χ2v) is 10.8. The molecule has 1 atom stereocenters. The van der Waals surface area contributed by atoms with Crippen LogP contribution in [0.5, 0.6) is 0 Å². The molecule has 1 N–H and O–H groups in total. The van der Waals surface area contributed by atoms with Crippen molar-refractivity contribution in [3.8, 4) is 11.3 Å². The number of allylic oxidation sites excluding steroid dienone is 1. The van der Waals surface area contributed by atoms with Gasteiger partial charge in [-0.15, -0.1) is 0 Å². The number of fused-ring (bicyclic) bond motifs is 2. The molecule has 1 aliphatic heterocycles. The summed E-state index contributed by atoms with van der Waals surface area (Å²) >= 11 is 0. The lowest BCUT2D eigenvalue weighted by Crippen LogP contribution is -2.40. The molecule has 0 radical (unpaired) electrons. The summed E-state index contributed by atoms with van der Waals surface area (Å²) in [6.45, 7) is 2.71. The standard InChI is InChI=1S/C34H35N3O2/c1-23-16-18-25(19-17-23)32-31(28-14-8-9-15-29(28)36(32)2)33-26-12-6-7-13-27(26)34(39)37(33)22-30(38)35-21-20-24-10-4-3-5-11-24/h6-10,12-19,33H,3-5,11,20-22H2,1-2H3,(H,35,38). The summed E-state index contributed by atoms with van der Waals surface area (Å²) in [7, 11) is 2.08. The fourth-order valence-electron chi connectivity index (χ4n) is 6.31. The van der Waals surface area contributed by atoms with Gasteiger partial charge in [-0.2, -0.15) is 0 Å². The summed E-state index contributed by atoms with van der Waals surface area (Å²) in [5.74, 6) is -0.210. The first-order chi connectivity index (χ1) is 19.0. The van der Waals surface area contributed by atoms with Crippen molar-refractivity contribution in [3.63, 3.8) is 0 Å². The Balaban J connectivity index is 1.40. The van der Waals surface area contributed by atoms with Crippen LogP contribution in [-0.2, 0) is 11.8 Å². The van der Waals surface area contributed by atoms with Gasteiger partial charge in [-0.1, -0.05) is 77.9 Å². The van der Waals surface area contributed by atoms with Crippen LogP contribution in [0.25, 0.3) is 22.2 Å². The van der Waals surface area contributed by atoms with E-state index < -0.39 is 0 Å². The molecule has 5 heteroatoms. The Morgan fingerprint density at radius 3 is 2.54 bits per heavy atom. The third-order valence-electron chi connectivity index (χ3n) is 8.27. The lowest BCUT2D eigenvalue weighted by Gasteiger charge is -2.26. The fourth-order valence-corrected chi connectivity index (χ4v) is 6.31. The molecule has 0 fully saturated rings. The Morgan fingerprint density at radius 2 is 1.74 bits per heavy atom. The molecule has 1 unspecified atom stereocenters. The lowest BCUT2D eigenvalue weighted by atomic mass is 9.93. The Morgan fingerprint density at radius 1 is 0.974 bits per heavy atom. The monoisotopic (exact) mass is 517 g/mol. The van der Waals surface area contributed by atoms with Gasteiger partial charge in [-0.3, -0.25) is 9.59 Å². The van der Waals surface area contributed by atoms with Crippen molar-refractivity contribution in [1.29, 1.82) is 0 Å². The molecular weight excluding hydrogens is 482 g/mol. The Hall–Kier alpha value is -4.12. The van der Waals surface area contributed by atoms with Crippen LogP contribution < -0.4 is 5.32 Å². The highest BCUT2D eigenvalue weighted by Gasteiger charge is 2.41. The number of aryl methyl sites for hydroxylation is 2. The number of carbonyl (C=O) groups is 2. The third kappa shape index (κ3) is 4.67. The van der Waals surface area contributed by atoms with Crippen molar-refractivity contribution in [3.05, 3.63) is 107 Å². The predicted molar refractivity (Wildman–Crippen MR) is 157 cm³/mol. The molecule has 0 bridgehead atoms. The number of hydrogen-bond donors (Lipinski definition) is 1. The summed E-state index contributed by atoms with van der Waals surface area (Å²) in [6.07, 6.45) is 7.95. The molecule has 1 aliphatic carbocycles. The molecule has 0 saturated carbocycles. The van der Waals surface area contributed by atoms with Gasteiger partial charge in [0.1, 0.15) is 6.54 Å². The number of hydrogen-bond acceptors (Lipinski definition) is 2. The van der Waals surface area contributed by atoms with Gasteiger partial charge < -0.3 is 14.8 Å². The molecule has 5 nitrogen and oxygen atoms in total. The molecular formula is C34H35N3O2. The highest BCUT2D eigenvalue weighted by atomic mass is 16.2. The minimum atomic E-state index is -0.358. The zero-order valence-corrected chi connectivity index (χ0v) is 22.7. The molecule has 2 amide bonds. The van der Waals surface area contributed by atoms with Crippen LogP contribution in [0, 0.1) is 6.92 Å². The number of nitrogens with zero attached hydrogens (tertiary/aromatic N) is 2. The van der Waals surface area contributed by atoms with Gasteiger partial charge in [0.25, 0.3) is 5.91 Å². The van der Waals surface area contributed by atoms with Crippen LogP contribution in [-0.4, -0.2) is 34.4 Å². The maximum absolute atomic E-state index is 13.8. The van der Waals surface area contributed by atoms with E-state index in [2.05, 4.69) is 66.3 Å². The number of nitrogens with one attached hydrogen (secondary N) is 1. The average molecular weight is 518 g/mol. The largest absolute Gasteiger partial charge is 0.354 e. The molecule has 39 heavy (non-hydrogen) atoms. The van der Waals surface area contributed by atoms with Gasteiger partial charge in [-0.25, -0.2) is 0 Å². The molecule has 2 aliphatic rings. The molecule has 0 saturated heterocycles. The molecule has 6 rings (SSSR count). The lowest BCUT2D eigenvalue weighted by molar-refractivity contribution is -0.122. The van der Waals surface area contributed by atoms with Crippen molar-refractivity contribution in [1.82, 2.24) is 14.8 Å². The summed E-state index contributed by atoms with van der Waals surface area (Å²) in [5.41, 5.74) is 8.58. The first-order valence-corrected chi connectivity index (χ1v) is 14.0. The van der Waals surface area contributed by atoms with Gasteiger partial charge >= 0.3 is 0 Å². The van der Waals surface area contributed by atoms with E-state index in [1.807, 2.05) is 36.4 Å². The number of rotatable bonds is 7. The maximum Gasteiger partial charge on any atom is 0.255 e. The van der Waals surface area contributed by atoms with Crippen LogP contribution in [0.2, 0.25) is 0 Å². The smallest absolute Gasteiger partial charge is 0.255 e. The van der Waals surface area contributed by atoms with E-state index in [0.29, 0.717) is 12.1 Å². The average Bonchev–Trinajstić information content (AvgIpc) is 3.40. The van der Waals surface area contributed by atoms with Crippen molar-refractivity contribution in [2.75, 3.05) is 13.1 Å². The minimum Gasteiger partial charge on any atom is -0.354 e. The van der Waals surface area contributed by atoms with Crippen molar-refractivity contribution in [2.24, 2.45) is 7.05 Å². The van der Waals surface area contributed by atoms with Gasteiger partial charge in [-0.05, 0) is 62.3 Å². The molecule has 198 valence electrons.